The van der Waals surface area contributed by atoms with Gasteiger partial charge in [-0.1, -0.05) is 18.3 Å². The van der Waals surface area contributed by atoms with Crippen molar-refractivity contribution in [3.63, 3.8) is 0 Å². The van der Waals surface area contributed by atoms with E-state index in [1.54, 1.807) is 0 Å². The summed E-state index contributed by atoms with van der Waals surface area (Å²) in [6, 6.07) is 1.07. The van der Waals surface area contributed by atoms with Crippen molar-refractivity contribution in [1.29, 1.82) is 0 Å². The molecular weight excluding hydrogens is 316 g/mol. The van der Waals surface area contributed by atoms with Crippen molar-refractivity contribution >= 4 is 32.0 Å². The molecule has 1 heterocycles. The van der Waals surface area contributed by atoms with Gasteiger partial charge in [-0.25, -0.2) is 14.3 Å². The van der Waals surface area contributed by atoms with E-state index in [1.165, 1.54) is 4.31 Å². The van der Waals surface area contributed by atoms with Crippen LogP contribution in [-0.2, 0) is 10.0 Å². The highest BCUT2D eigenvalue weighted by Crippen LogP contribution is 2.39. The molecule has 0 aliphatic heterocycles. The number of nitrogen functional groups attached to an aromatic ring is 1. The molecule has 0 atom stereocenters. The highest BCUT2D eigenvalue weighted by atomic mass is 32.2. The Morgan fingerprint density at radius 3 is 2.67 bits per heavy atom. The molecule has 1 fully saturated rings. The van der Waals surface area contributed by atoms with Crippen LogP contribution in [0.15, 0.2) is 10.3 Å². The highest BCUT2D eigenvalue weighted by Gasteiger charge is 2.34. The van der Waals surface area contributed by atoms with E-state index in [-0.39, 0.29) is 14.9 Å². The molecule has 1 saturated carbocycles. The van der Waals surface area contributed by atoms with Crippen LogP contribution < -0.4 is 11.3 Å². The van der Waals surface area contributed by atoms with E-state index in [2.05, 4.69) is 5.43 Å². The fourth-order valence-corrected chi connectivity index (χ4v) is 5.00. The molecule has 0 spiro atoms. The maximum Gasteiger partial charge on any atom is 0.306 e. The van der Waals surface area contributed by atoms with E-state index in [0.29, 0.717) is 25.4 Å². The number of anilines is 1. The summed E-state index contributed by atoms with van der Waals surface area (Å²) in [5.74, 6) is 5.63. The van der Waals surface area contributed by atoms with Crippen LogP contribution in [0.1, 0.15) is 26.2 Å². The van der Waals surface area contributed by atoms with Crippen LogP contribution in [0.3, 0.4) is 0 Å². The Balaban J connectivity index is 2.34. The second kappa shape index (κ2) is 6.26. The van der Waals surface area contributed by atoms with E-state index < -0.39 is 14.9 Å². The first-order chi connectivity index (χ1) is 9.90. The van der Waals surface area contributed by atoms with Crippen LogP contribution in [0, 0.1) is 16.0 Å². The smallest absolute Gasteiger partial charge is 0.306 e. The minimum absolute atomic E-state index is 0.0430. The molecule has 1 aromatic heterocycles. The number of thiophene rings is 1. The van der Waals surface area contributed by atoms with E-state index in [9.17, 15) is 18.5 Å². The molecule has 2 rings (SSSR count). The Morgan fingerprint density at radius 1 is 1.57 bits per heavy atom. The SMILES string of the molecule is CCCN(CC1CC1)S(=O)(=O)c1cc([N+](=O)[O-])c(NN)s1. The van der Waals surface area contributed by atoms with Gasteiger partial charge in [-0.2, -0.15) is 4.31 Å². The fourth-order valence-electron chi connectivity index (χ4n) is 2.00. The minimum atomic E-state index is -3.71. The lowest BCUT2D eigenvalue weighted by Crippen LogP contribution is -2.33. The van der Waals surface area contributed by atoms with Gasteiger partial charge in [-0.3, -0.25) is 10.1 Å². The van der Waals surface area contributed by atoms with Gasteiger partial charge in [0.1, 0.15) is 4.21 Å². The fraction of sp³-hybridized carbons (Fsp3) is 0.636. The summed E-state index contributed by atoms with van der Waals surface area (Å²) in [6.07, 6.45) is 2.77. The molecule has 21 heavy (non-hydrogen) atoms. The third-order valence-electron chi connectivity index (χ3n) is 3.24. The van der Waals surface area contributed by atoms with Crippen LogP contribution in [0.25, 0.3) is 0 Å². The first-order valence-corrected chi connectivity index (χ1v) is 8.90. The number of hydrogen-bond acceptors (Lipinski definition) is 7. The number of nitrogens with zero attached hydrogens (tertiary/aromatic N) is 2. The maximum atomic E-state index is 12.6. The van der Waals surface area contributed by atoms with E-state index in [4.69, 9.17) is 5.84 Å². The average Bonchev–Trinajstić information content (AvgIpc) is 3.12. The Kier molecular flexibility index (Phi) is 4.81. The Hall–Kier alpha value is -1.23. The number of sulfonamides is 1. The quantitative estimate of drug-likeness (QED) is 0.425. The van der Waals surface area contributed by atoms with Crippen LogP contribution in [0.2, 0.25) is 0 Å². The molecule has 0 aromatic carbocycles. The largest absolute Gasteiger partial charge is 0.310 e. The molecule has 0 radical (unpaired) electrons. The van der Waals surface area contributed by atoms with E-state index in [0.717, 1.165) is 30.2 Å². The maximum absolute atomic E-state index is 12.6. The van der Waals surface area contributed by atoms with Crippen molar-refractivity contribution < 1.29 is 13.3 Å². The number of rotatable bonds is 8. The monoisotopic (exact) mass is 334 g/mol. The average molecular weight is 334 g/mol. The van der Waals surface area contributed by atoms with Gasteiger partial charge in [0.2, 0.25) is 0 Å². The number of nitrogens with one attached hydrogen (secondary N) is 1. The highest BCUT2D eigenvalue weighted by molar-refractivity contribution is 7.91. The van der Waals surface area contributed by atoms with Crippen molar-refractivity contribution in [2.75, 3.05) is 18.5 Å². The van der Waals surface area contributed by atoms with E-state index in [1.807, 2.05) is 6.92 Å². The van der Waals surface area contributed by atoms with Crippen molar-refractivity contribution in [3.05, 3.63) is 16.2 Å². The summed E-state index contributed by atoms with van der Waals surface area (Å²) in [6.45, 7) is 2.79. The molecule has 0 bridgehead atoms. The number of nitro groups is 1. The first-order valence-electron chi connectivity index (χ1n) is 6.65. The van der Waals surface area contributed by atoms with Gasteiger partial charge in [0.25, 0.3) is 10.0 Å². The topological polar surface area (TPSA) is 119 Å². The Labute approximate surface area is 127 Å². The summed E-state index contributed by atoms with van der Waals surface area (Å²) in [7, 11) is -3.71. The van der Waals surface area contributed by atoms with Crippen LogP contribution in [0.5, 0.6) is 0 Å². The lowest BCUT2D eigenvalue weighted by molar-refractivity contribution is -0.383. The molecule has 0 unspecified atom stereocenters. The predicted molar refractivity (Wildman–Crippen MR) is 80.6 cm³/mol. The standard InChI is InChI=1S/C11H18N4O4S2/c1-2-5-14(7-8-3-4-8)21(18,19)10-6-9(15(16)17)11(13-12)20-10/h6,8,13H,2-5,7,12H2,1H3. The van der Waals surface area contributed by atoms with Gasteiger partial charge < -0.3 is 5.43 Å². The van der Waals surface area contributed by atoms with Crippen LogP contribution in [0.4, 0.5) is 10.7 Å². The zero-order valence-corrected chi connectivity index (χ0v) is 13.2. The van der Waals surface area contributed by atoms with Gasteiger partial charge in [0.15, 0.2) is 5.00 Å². The lowest BCUT2D eigenvalue weighted by atomic mass is 10.4. The zero-order chi connectivity index (χ0) is 15.6. The molecular formula is C11H18N4O4S2. The third-order valence-corrected chi connectivity index (χ3v) is 6.61. The second-order valence-electron chi connectivity index (χ2n) is 4.99. The molecule has 118 valence electrons. The van der Waals surface area contributed by atoms with Gasteiger partial charge in [0.05, 0.1) is 4.92 Å². The van der Waals surface area contributed by atoms with E-state index >= 15 is 0 Å². The van der Waals surface area contributed by atoms with Gasteiger partial charge in [0, 0.05) is 19.2 Å². The van der Waals surface area contributed by atoms with Crippen molar-refractivity contribution in [2.24, 2.45) is 11.8 Å². The molecule has 1 aliphatic rings. The number of nitrogens with two attached hydrogens (primary N) is 1. The number of hydrogen-bond donors (Lipinski definition) is 2. The Morgan fingerprint density at radius 2 is 2.24 bits per heavy atom. The second-order valence-corrected chi connectivity index (χ2v) is 8.20. The molecule has 1 aromatic rings. The van der Waals surface area contributed by atoms with Gasteiger partial charge >= 0.3 is 5.69 Å². The summed E-state index contributed by atoms with van der Waals surface area (Å²) in [5.41, 5.74) is 1.87. The van der Waals surface area contributed by atoms with Crippen molar-refractivity contribution in [3.8, 4) is 0 Å². The molecule has 10 heteroatoms. The van der Waals surface area contributed by atoms with Crippen molar-refractivity contribution in [1.82, 2.24) is 4.31 Å². The lowest BCUT2D eigenvalue weighted by Gasteiger charge is -2.20. The molecule has 1 aliphatic carbocycles. The molecule has 0 amide bonds. The van der Waals surface area contributed by atoms with Crippen LogP contribution >= 0.6 is 11.3 Å². The summed E-state index contributed by atoms with van der Waals surface area (Å²) < 4.78 is 26.6. The molecule has 8 nitrogen and oxygen atoms in total. The zero-order valence-electron chi connectivity index (χ0n) is 11.6. The summed E-state index contributed by atoms with van der Waals surface area (Å²) in [5, 5.41) is 11.0. The summed E-state index contributed by atoms with van der Waals surface area (Å²) >= 11 is 0.789. The third kappa shape index (κ3) is 3.51. The summed E-state index contributed by atoms with van der Waals surface area (Å²) in [4.78, 5) is 10.3. The molecule has 0 saturated heterocycles. The normalized spacial score (nSPS) is 15.4. The Bertz CT molecular complexity index is 624. The number of hydrazine groups is 1. The minimum Gasteiger partial charge on any atom is -0.310 e. The van der Waals surface area contributed by atoms with Crippen molar-refractivity contribution in [2.45, 2.75) is 30.4 Å². The first kappa shape index (κ1) is 16.1. The molecule has 3 N–H and O–H groups in total. The van der Waals surface area contributed by atoms with Gasteiger partial charge in [-0.05, 0) is 25.2 Å². The van der Waals surface area contributed by atoms with Gasteiger partial charge in [-0.15, -0.1) is 0 Å². The predicted octanol–water partition coefficient (Wildman–Crippen LogP) is 1.75. The van der Waals surface area contributed by atoms with Crippen LogP contribution in [-0.4, -0.2) is 30.7 Å².